The number of benzene rings is 1. The molecule has 0 spiro atoms. The smallest absolute Gasteiger partial charge is 0.303 e. The van der Waals surface area contributed by atoms with Crippen LogP contribution in [0.4, 0.5) is 13.2 Å². The second kappa shape index (κ2) is 5.16. The molecule has 0 saturated heterocycles. The first-order chi connectivity index (χ1) is 8.86. The molecule has 0 aliphatic heterocycles. The molecule has 0 heterocycles. The standard InChI is InChI=1S/C15H20F3N/c1-11(2)13(12-6-4-3-5-7-12)10-19-14(8-9-14)15(16,17)18/h3-7,11,13,19H,8-10H2,1-2H3. The van der Waals surface area contributed by atoms with Crippen molar-refractivity contribution >= 4 is 0 Å². The minimum absolute atomic E-state index is 0.112. The summed E-state index contributed by atoms with van der Waals surface area (Å²) < 4.78 is 38.7. The van der Waals surface area contributed by atoms with Crippen LogP contribution in [0.25, 0.3) is 0 Å². The maximum Gasteiger partial charge on any atom is 0.406 e. The highest BCUT2D eigenvalue weighted by Gasteiger charge is 2.63. The van der Waals surface area contributed by atoms with E-state index in [0.29, 0.717) is 12.5 Å². The zero-order chi connectivity index (χ0) is 14.1. The Balaban J connectivity index is 2.04. The summed E-state index contributed by atoms with van der Waals surface area (Å²) in [6.45, 7) is 4.47. The maximum absolute atomic E-state index is 12.9. The Hall–Kier alpha value is -1.03. The third-order valence-corrected chi connectivity index (χ3v) is 3.99. The number of halogens is 3. The van der Waals surface area contributed by atoms with E-state index in [1.807, 2.05) is 44.2 Å². The first kappa shape index (κ1) is 14.4. The van der Waals surface area contributed by atoms with Gasteiger partial charge in [-0.3, -0.25) is 0 Å². The topological polar surface area (TPSA) is 12.0 Å². The van der Waals surface area contributed by atoms with Gasteiger partial charge in [0.25, 0.3) is 0 Å². The number of hydrogen-bond acceptors (Lipinski definition) is 1. The Morgan fingerprint density at radius 3 is 2.16 bits per heavy atom. The third-order valence-electron chi connectivity index (χ3n) is 3.99. The Morgan fingerprint density at radius 1 is 1.16 bits per heavy atom. The van der Waals surface area contributed by atoms with Crippen molar-refractivity contribution in [2.75, 3.05) is 6.54 Å². The van der Waals surface area contributed by atoms with E-state index in [-0.39, 0.29) is 18.8 Å². The van der Waals surface area contributed by atoms with E-state index in [9.17, 15) is 13.2 Å². The molecule has 1 aliphatic carbocycles. The van der Waals surface area contributed by atoms with Crippen molar-refractivity contribution in [1.29, 1.82) is 0 Å². The van der Waals surface area contributed by atoms with Gasteiger partial charge in [0.2, 0.25) is 0 Å². The fourth-order valence-electron chi connectivity index (χ4n) is 2.43. The van der Waals surface area contributed by atoms with Crippen molar-refractivity contribution in [3.63, 3.8) is 0 Å². The van der Waals surface area contributed by atoms with Crippen LogP contribution in [0.3, 0.4) is 0 Å². The van der Waals surface area contributed by atoms with Gasteiger partial charge in [0.15, 0.2) is 0 Å². The lowest BCUT2D eigenvalue weighted by Crippen LogP contribution is -2.46. The van der Waals surface area contributed by atoms with Gasteiger partial charge in [-0.2, -0.15) is 13.2 Å². The monoisotopic (exact) mass is 271 g/mol. The van der Waals surface area contributed by atoms with Crippen molar-refractivity contribution in [2.24, 2.45) is 5.92 Å². The van der Waals surface area contributed by atoms with E-state index in [2.05, 4.69) is 5.32 Å². The lowest BCUT2D eigenvalue weighted by Gasteiger charge is -2.27. The molecule has 0 bridgehead atoms. The molecule has 106 valence electrons. The zero-order valence-corrected chi connectivity index (χ0v) is 11.3. The largest absolute Gasteiger partial charge is 0.406 e. The summed E-state index contributed by atoms with van der Waals surface area (Å²) in [5.41, 5.74) is -0.516. The Kier molecular flexibility index (Phi) is 3.90. The second-order valence-corrected chi connectivity index (χ2v) is 5.72. The van der Waals surface area contributed by atoms with Crippen LogP contribution in [0.15, 0.2) is 30.3 Å². The average molecular weight is 271 g/mol. The van der Waals surface area contributed by atoms with Crippen LogP contribution < -0.4 is 5.32 Å². The van der Waals surface area contributed by atoms with Gasteiger partial charge >= 0.3 is 6.18 Å². The molecular weight excluding hydrogens is 251 g/mol. The van der Waals surface area contributed by atoms with Crippen LogP contribution in [0.1, 0.15) is 38.2 Å². The highest BCUT2D eigenvalue weighted by atomic mass is 19.4. The highest BCUT2D eigenvalue weighted by Crippen LogP contribution is 2.49. The van der Waals surface area contributed by atoms with E-state index < -0.39 is 11.7 Å². The fraction of sp³-hybridized carbons (Fsp3) is 0.600. The van der Waals surface area contributed by atoms with Crippen molar-refractivity contribution in [3.8, 4) is 0 Å². The molecule has 1 aromatic rings. The normalized spacial score (nSPS) is 19.5. The molecule has 0 aromatic heterocycles. The Bertz CT molecular complexity index is 407. The summed E-state index contributed by atoms with van der Waals surface area (Å²) in [6, 6.07) is 9.76. The highest BCUT2D eigenvalue weighted by molar-refractivity contribution is 5.21. The summed E-state index contributed by atoms with van der Waals surface area (Å²) in [7, 11) is 0. The van der Waals surface area contributed by atoms with Crippen LogP contribution in [-0.4, -0.2) is 18.3 Å². The van der Waals surface area contributed by atoms with Gasteiger partial charge < -0.3 is 5.32 Å². The molecule has 0 radical (unpaired) electrons. The van der Waals surface area contributed by atoms with E-state index in [1.165, 1.54) is 0 Å². The van der Waals surface area contributed by atoms with Gasteiger partial charge in [0.1, 0.15) is 5.54 Å². The van der Waals surface area contributed by atoms with Crippen LogP contribution in [0.2, 0.25) is 0 Å². The number of nitrogens with one attached hydrogen (secondary N) is 1. The number of rotatable bonds is 5. The Morgan fingerprint density at radius 2 is 1.74 bits per heavy atom. The molecule has 1 nitrogen and oxygen atoms in total. The average Bonchev–Trinajstić information content (AvgIpc) is 3.10. The summed E-state index contributed by atoms with van der Waals surface area (Å²) in [4.78, 5) is 0. The lowest BCUT2D eigenvalue weighted by molar-refractivity contribution is -0.166. The first-order valence-corrected chi connectivity index (χ1v) is 6.72. The molecule has 1 aliphatic rings. The molecule has 1 aromatic carbocycles. The molecule has 1 atom stereocenters. The molecule has 1 unspecified atom stereocenters. The Labute approximate surface area is 112 Å². The molecule has 2 rings (SSSR count). The SMILES string of the molecule is CC(C)C(CNC1(C(F)(F)F)CC1)c1ccccc1. The van der Waals surface area contributed by atoms with Crippen molar-refractivity contribution in [1.82, 2.24) is 5.32 Å². The predicted molar refractivity (Wildman–Crippen MR) is 70.0 cm³/mol. The summed E-state index contributed by atoms with van der Waals surface area (Å²) in [5.74, 6) is 0.417. The molecular formula is C15H20F3N. The van der Waals surface area contributed by atoms with Crippen LogP contribution in [-0.2, 0) is 0 Å². The lowest BCUT2D eigenvalue weighted by atomic mass is 9.88. The summed E-state index contributed by atoms with van der Waals surface area (Å²) >= 11 is 0. The quantitative estimate of drug-likeness (QED) is 0.849. The molecule has 1 fully saturated rings. The molecule has 4 heteroatoms. The van der Waals surface area contributed by atoms with Gasteiger partial charge in [-0.25, -0.2) is 0 Å². The molecule has 1 saturated carbocycles. The van der Waals surface area contributed by atoms with Gasteiger partial charge in [-0.15, -0.1) is 0 Å². The fourth-order valence-corrected chi connectivity index (χ4v) is 2.43. The molecule has 19 heavy (non-hydrogen) atoms. The maximum atomic E-state index is 12.9. The minimum atomic E-state index is -4.13. The number of hydrogen-bond donors (Lipinski definition) is 1. The molecule has 0 amide bonds. The number of alkyl halides is 3. The van der Waals surface area contributed by atoms with Crippen LogP contribution >= 0.6 is 0 Å². The summed E-state index contributed by atoms with van der Waals surface area (Å²) in [5, 5.41) is 2.76. The summed E-state index contributed by atoms with van der Waals surface area (Å²) in [6.07, 6.45) is -3.72. The van der Waals surface area contributed by atoms with Crippen LogP contribution in [0, 0.1) is 5.92 Å². The van der Waals surface area contributed by atoms with Crippen molar-refractivity contribution < 1.29 is 13.2 Å². The van der Waals surface area contributed by atoms with Gasteiger partial charge in [-0.1, -0.05) is 44.2 Å². The van der Waals surface area contributed by atoms with E-state index in [1.54, 1.807) is 0 Å². The molecule has 1 N–H and O–H groups in total. The second-order valence-electron chi connectivity index (χ2n) is 5.72. The van der Waals surface area contributed by atoms with E-state index >= 15 is 0 Å². The van der Waals surface area contributed by atoms with E-state index in [0.717, 1.165) is 5.56 Å². The predicted octanol–water partition coefficient (Wildman–Crippen LogP) is 4.11. The third kappa shape index (κ3) is 3.11. The zero-order valence-electron chi connectivity index (χ0n) is 11.3. The minimum Gasteiger partial charge on any atom is -0.303 e. The van der Waals surface area contributed by atoms with Gasteiger partial charge in [0.05, 0.1) is 0 Å². The van der Waals surface area contributed by atoms with Gasteiger partial charge in [0, 0.05) is 6.54 Å². The first-order valence-electron chi connectivity index (χ1n) is 6.72. The van der Waals surface area contributed by atoms with E-state index in [4.69, 9.17) is 0 Å². The van der Waals surface area contributed by atoms with Gasteiger partial charge in [-0.05, 0) is 30.2 Å². The van der Waals surface area contributed by atoms with Crippen molar-refractivity contribution in [2.45, 2.75) is 44.3 Å². The van der Waals surface area contributed by atoms with Crippen molar-refractivity contribution in [3.05, 3.63) is 35.9 Å². The van der Waals surface area contributed by atoms with Crippen LogP contribution in [0.5, 0.6) is 0 Å².